The van der Waals surface area contributed by atoms with Crippen LogP contribution in [0.15, 0.2) is 54.6 Å². The van der Waals surface area contributed by atoms with Gasteiger partial charge in [0.2, 0.25) is 11.8 Å². The summed E-state index contributed by atoms with van der Waals surface area (Å²) in [6.45, 7) is 2.79. The van der Waals surface area contributed by atoms with Crippen LogP contribution in [0.25, 0.3) is 0 Å². The van der Waals surface area contributed by atoms with E-state index in [0.29, 0.717) is 12.3 Å². The number of amides is 2. The molecule has 0 spiro atoms. The van der Waals surface area contributed by atoms with E-state index < -0.39 is 4.92 Å². The van der Waals surface area contributed by atoms with E-state index in [-0.39, 0.29) is 52.5 Å². The van der Waals surface area contributed by atoms with Crippen molar-refractivity contribution in [3.63, 3.8) is 0 Å². The quantitative estimate of drug-likeness (QED) is 0.181. The van der Waals surface area contributed by atoms with Crippen molar-refractivity contribution in [2.24, 2.45) is 23.7 Å². The lowest BCUT2D eigenvalue weighted by molar-refractivity contribution is -0.383. The minimum atomic E-state index is -0.506. The first-order valence-corrected chi connectivity index (χ1v) is 11.8. The molecule has 2 aromatic carbocycles. The number of ether oxygens (including phenoxy) is 1. The number of nitrogens with zero attached hydrogens (tertiary/aromatic N) is 2. The number of carbonyl (C=O) groups is 2. The van der Waals surface area contributed by atoms with E-state index in [4.69, 9.17) is 4.74 Å². The molecule has 2 amide bonds. The van der Waals surface area contributed by atoms with Gasteiger partial charge in [0.15, 0.2) is 0 Å². The summed E-state index contributed by atoms with van der Waals surface area (Å²) in [4.78, 5) is 38.6. The lowest BCUT2D eigenvalue weighted by Gasteiger charge is -2.18. The summed E-state index contributed by atoms with van der Waals surface area (Å²) in [5.74, 6) is -0.277. The fraction of sp³-hybridized carbons (Fsp3) is 0.385. The molecule has 1 N–H and O–H groups in total. The Hall–Kier alpha value is -3.68. The monoisotopic (exact) mass is 461 g/mol. The number of fused-ring (bicyclic) bond motifs is 5. The van der Waals surface area contributed by atoms with E-state index in [0.717, 1.165) is 36.3 Å². The van der Waals surface area contributed by atoms with Gasteiger partial charge < -0.3 is 10.1 Å². The van der Waals surface area contributed by atoms with Gasteiger partial charge in [-0.1, -0.05) is 31.9 Å². The van der Waals surface area contributed by atoms with E-state index >= 15 is 0 Å². The van der Waals surface area contributed by atoms with Gasteiger partial charge >= 0.3 is 0 Å². The van der Waals surface area contributed by atoms with Crippen molar-refractivity contribution in [3.8, 4) is 5.75 Å². The molecule has 8 nitrogen and oxygen atoms in total. The summed E-state index contributed by atoms with van der Waals surface area (Å²) in [5.41, 5.74) is 1.00. The van der Waals surface area contributed by atoms with Gasteiger partial charge in [0.1, 0.15) is 11.4 Å². The van der Waals surface area contributed by atoms with Crippen LogP contribution in [0.4, 0.5) is 22.7 Å². The van der Waals surface area contributed by atoms with Gasteiger partial charge in [0, 0.05) is 11.8 Å². The SMILES string of the molecule is CCCCCOc1ccc(Nc2ccc(N3C(=O)[C@@H]4[C@@H](C3=O)[C@H]3C=C[C@H]4C3)cc2[N+](=O)[O-])cc1. The second kappa shape index (κ2) is 8.93. The van der Waals surface area contributed by atoms with Crippen LogP contribution in [-0.2, 0) is 9.59 Å². The number of nitro benzene ring substituents is 1. The third-order valence-corrected chi connectivity index (χ3v) is 7.06. The normalized spacial score (nSPS) is 24.6. The molecule has 8 heteroatoms. The van der Waals surface area contributed by atoms with Crippen LogP contribution in [0, 0.1) is 33.8 Å². The highest BCUT2D eigenvalue weighted by Gasteiger charge is 2.59. The van der Waals surface area contributed by atoms with Crippen LogP contribution >= 0.6 is 0 Å². The second-order valence-electron chi connectivity index (χ2n) is 9.18. The highest BCUT2D eigenvalue weighted by atomic mass is 16.6. The fourth-order valence-corrected chi connectivity index (χ4v) is 5.40. The van der Waals surface area contributed by atoms with Crippen LogP contribution in [0.1, 0.15) is 32.6 Å². The van der Waals surface area contributed by atoms with Crippen molar-refractivity contribution < 1.29 is 19.2 Å². The maximum atomic E-state index is 13.1. The maximum Gasteiger partial charge on any atom is 0.294 e. The molecular formula is C26H27N3O5. The Morgan fingerprint density at radius 3 is 2.32 bits per heavy atom. The molecule has 34 heavy (non-hydrogen) atoms. The number of hydrogen-bond acceptors (Lipinski definition) is 6. The van der Waals surface area contributed by atoms with Crippen LogP contribution in [0.2, 0.25) is 0 Å². The molecule has 2 bridgehead atoms. The van der Waals surface area contributed by atoms with E-state index in [1.165, 1.54) is 6.07 Å². The van der Waals surface area contributed by atoms with Gasteiger partial charge in [-0.05, 0) is 61.1 Å². The molecular weight excluding hydrogens is 434 g/mol. The minimum Gasteiger partial charge on any atom is -0.494 e. The van der Waals surface area contributed by atoms with Crippen molar-refractivity contribution in [2.45, 2.75) is 32.6 Å². The Morgan fingerprint density at radius 2 is 1.71 bits per heavy atom. The molecule has 2 fully saturated rings. The van der Waals surface area contributed by atoms with Crippen LogP contribution in [0.5, 0.6) is 5.75 Å². The average molecular weight is 462 g/mol. The Labute approximate surface area is 197 Å². The van der Waals surface area contributed by atoms with Crippen molar-refractivity contribution in [1.82, 2.24) is 0 Å². The molecule has 0 radical (unpaired) electrons. The number of imide groups is 1. The molecule has 1 saturated carbocycles. The first kappa shape index (κ1) is 22.1. The van der Waals surface area contributed by atoms with Crippen LogP contribution in [-0.4, -0.2) is 23.3 Å². The molecule has 0 unspecified atom stereocenters. The summed E-state index contributed by atoms with van der Waals surface area (Å²) in [7, 11) is 0. The van der Waals surface area contributed by atoms with E-state index in [9.17, 15) is 19.7 Å². The minimum absolute atomic E-state index is 0.0889. The Balaban J connectivity index is 1.33. The van der Waals surface area contributed by atoms with Crippen molar-refractivity contribution in [1.29, 1.82) is 0 Å². The Kier molecular flexibility index (Phi) is 5.81. The number of carbonyl (C=O) groups excluding carboxylic acids is 2. The zero-order valence-electron chi connectivity index (χ0n) is 19.0. The van der Waals surface area contributed by atoms with Gasteiger partial charge in [-0.2, -0.15) is 0 Å². The maximum absolute atomic E-state index is 13.1. The molecule has 1 aliphatic heterocycles. The number of nitrogens with one attached hydrogen (secondary N) is 1. The zero-order chi connectivity index (χ0) is 23.8. The second-order valence-corrected chi connectivity index (χ2v) is 9.18. The Morgan fingerprint density at radius 1 is 1.03 bits per heavy atom. The summed E-state index contributed by atoms with van der Waals surface area (Å²) >= 11 is 0. The molecule has 1 saturated heterocycles. The van der Waals surface area contributed by atoms with Crippen LogP contribution in [0.3, 0.4) is 0 Å². The van der Waals surface area contributed by atoms with Gasteiger partial charge in [0.05, 0.1) is 29.1 Å². The van der Waals surface area contributed by atoms with Crippen LogP contribution < -0.4 is 15.0 Å². The topological polar surface area (TPSA) is 102 Å². The van der Waals surface area contributed by atoms with Crippen molar-refractivity contribution in [2.75, 3.05) is 16.8 Å². The molecule has 2 aromatic rings. The number of rotatable bonds is 9. The number of unbranched alkanes of at least 4 members (excludes halogenated alkanes) is 2. The fourth-order valence-electron chi connectivity index (χ4n) is 5.40. The summed E-state index contributed by atoms with van der Waals surface area (Å²) < 4.78 is 5.71. The predicted octanol–water partition coefficient (Wildman–Crippen LogP) is 5.22. The summed E-state index contributed by atoms with van der Waals surface area (Å²) in [6, 6.07) is 11.7. The van der Waals surface area contributed by atoms with Gasteiger partial charge in [0.25, 0.3) is 5.69 Å². The highest BCUT2D eigenvalue weighted by Crippen LogP contribution is 2.53. The number of anilines is 3. The van der Waals surface area contributed by atoms with Crippen molar-refractivity contribution in [3.05, 3.63) is 64.7 Å². The third-order valence-electron chi connectivity index (χ3n) is 7.06. The molecule has 5 rings (SSSR count). The van der Waals surface area contributed by atoms with E-state index in [1.54, 1.807) is 24.3 Å². The average Bonchev–Trinajstić information content (AvgIpc) is 3.52. The lowest BCUT2D eigenvalue weighted by atomic mass is 9.85. The standard InChI is InChI=1S/C26H27N3O5/c1-2-3-4-13-34-20-10-7-18(8-11-20)27-21-12-9-19(15-22(21)29(32)33)28-25(30)23-16-5-6-17(14-16)24(23)26(28)31/h5-12,15-17,23-24,27H,2-4,13-14H2,1H3/t16-,17-,23-,24-/m0/s1. The van der Waals surface area contributed by atoms with Gasteiger partial charge in [-0.15, -0.1) is 0 Å². The Bertz CT molecular complexity index is 1130. The van der Waals surface area contributed by atoms with E-state index in [2.05, 4.69) is 12.2 Å². The number of allylic oxidation sites excluding steroid dienone is 2. The molecule has 3 aliphatic rings. The lowest BCUT2D eigenvalue weighted by Crippen LogP contribution is -2.32. The number of hydrogen-bond donors (Lipinski definition) is 1. The molecule has 2 aliphatic carbocycles. The van der Waals surface area contributed by atoms with Gasteiger partial charge in [-0.3, -0.25) is 19.7 Å². The molecule has 1 heterocycles. The number of benzene rings is 2. The summed E-state index contributed by atoms with van der Waals surface area (Å²) in [6.07, 6.45) is 8.13. The third kappa shape index (κ3) is 3.83. The summed E-state index contributed by atoms with van der Waals surface area (Å²) in [5, 5.41) is 14.9. The first-order valence-electron chi connectivity index (χ1n) is 11.8. The molecule has 176 valence electrons. The molecule has 0 aromatic heterocycles. The van der Waals surface area contributed by atoms with Crippen molar-refractivity contribution >= 4 is 34.6 Å². The highest BCUT2D eigenvalue weighted by molar-refractivity contribution is 6.23. The first-order chi connectivity index (χ1) is 16.5. The van der Waals surface area contributed by atoms with E-state index in [1.807, 2.05) is 24.3 Å². The zero-order valence-corrected chi connectivity index (χ0v) is 19.0. The molecule has 4 atom stereocenters. The number of nitro groups is 1. The largest absolute Gasteiger partial charge is 0.494 e. The van der Waals surface area contributed by atoms with Gasteiger partial charge in [-0.25, -0.2) is 4.90 Å². The predicted molar refractivity (Wildman–Crippen MR) is 128 cm³/mol. The smallest absolute Gasteiger partial charge is 0.294 e.